The number of hydrogen-bond donors (Lipinski definition) is 1. The summed E-state index contributed by atoms with van der Waals surface area (Å²) < 4.78 is 0. The maximum atomic E-state index is 11.2. The summed E-state index contributed by atoms with van der Waals surface area (Å²) in [7, 11) is 0. The number of fused-ring (bicyclic) bond motifs is 1. The van der Waals surface area contributed by atoms with Gasteiger partial charge in [0, 0.05) is 49.7 Å². The molecule has 2 aliphatic rings. The van der Waals surface area contributed by atoms with E-state index in [2.05, 4.69) is 15.9 Å². The summed E-state index contributed by atoms with van der Waals surface area (Å²) >= 11 is 0. The lowest BCUT2D eigenvalue weighted by atomic mass is 10.1. The maximum absolute atomic E-state index is 11.2. The van der Waals surface area contributed by atoms with Gasteiger partial charge in [0.15, 0.2) is 0 Å². The number of benzene rings is 1. The van der Waals surface area contributed by atoms with Crippen molar-refractivity contribution in [1.29, 1.82) is 0 Å². The number of piperazine rings is 1. The van der Waals surface area contributed by atoms with E-state index >= 15 is 0 Å². The normalized spacial score (nSPS) is 20.0. The second kappa shape index (κ2) is 5.91. The minimum atomic E-state index is -0.399. The number of nitrogens with zero attached hydrogens (tertiary/aromatic N) is 3. The van der Waals surface area contributed by atoms with E-state index in [0.717, 1.165) is 42.3 Å². The summed E-state index contributed by atoms with van der Waals surface area (Å²) in [5.41, 5.74) is 7.86. The Morgan fingerprint density at radius 3 is 2.61 bits per heavy atom. The summed E-state index contributed by atoms with van der Waals surface area (Å²) in [6, 6.07) is 10.4. The summed E-state index contributed by atoms with van der Waals surface area (Å²) in [5, 5.41) is 0.962. The van der Waals surface area contributed by atoms with Crippen molar-refractivity contribution in [2.24, 2.45) is 5.73 Å². The van der Waals surface area contributed by atoms with E-state index in [9.17, 15) is 4.79 Å². The van der Waals surface area contributed by atoms with E-state index in [-0.39, 0.29) is 0 Å². The summed E-state index contributed by atoms with van der Waals surface area (Å²) in [5.74, 6) is -0.399. The fourth-order valence-electron chi connectivity index (χ4n) is 3.36. The number of carbonyl (C=O) groups excluding carboxylic acids is 1. The Balaban J connectivity index is 1.44. The third-order valence-electron chi connectivity index (χ3n) is 4.89. The van der Waals surface area contributed by atoms with Crippen LogP contribution in [0.2, 0.25) is 0 Å². The van der Waals surface area contributed by atoms with Gasteiger partial charge >= 0.3 is 0 Å². The van der Waals surface area contributed by atoms with Crippen molar-refractivity contribution in [2.75, 3.05) is 26.2 Å². The van der Waals surface area contributed by atoms with Crippen molar-refractivity contribution in [3.63, 3.8) is 0 Å². The van der Waals surface area contributed by atoms with Gasteiger partial charge in [-0.15, -0.1) is 0 Å². The lowest BCUT2D eigenvalue weighted by Crippen LogP contribution is -2.46. The molecular formula is C18H22N4O. The monoisotopic (exact) mass is 310 g/mol. The molecule has 1 aliphatic carbocycles. The predicted octanol–water partition coefficient (Wildman–Crippen LogP) is 1.61. The molecule has 2 N–H and O–H groups in total. The average Bonchev–Trinajstić information content (AvgIpc) is 3.40. The van der Waals surface area contributed by atoms with E-state index < -0.39 is 5.91 Å². The number of carbonyl (C=O) groups is 1. The van der Waals surface area contributed by atoms with Crippen LogP contribution in [0.25, 0.3) is 10.9 Å². The highest BCUT2D eigenvalue weighted by atomic mass is 16.1. The Morgan fingerprint density at radius 1 is 1.13 bits per heavy atom. The van der Waals surface area contributed by atoms with Crippen molar-refractivity contribution in [3.8, 4) is 0 Å². The lowest BCUT2D eigenvalue weighted by molar-refractivity contribution is 0.100. The second-order valence-electron chi connectivity index (χ2n) is 6.62. The van der Waals surface area contributed by atoms with E-state index in [1.807, 2.05) is 18.2 Å². The molecule has 0 atom stereocenters. The molecule has 5 nitrogen and oxygen atoms in total. The first-order valence-electron chi connectivity index (χ1n) is 8.35. The first-order valence-corrected chi connectivity index (χ1v) is 8.35. The number of amides is 1. The van der Waals surface area contributed by atoms with Gasteiger partial charge in [-0.1, -0.05) is 6.07 Å². The zero-order valence-corrected chi connectivity index (χ0v) is 13.2. The van der Waals surface area contributed by atoms with Crippen LogP contribution in [0.15, 0.2) is 30.3 Å². The molecule has 1 aromatic heterocycles. The van der Waals surface area contributed by atoms with Gasteiger partial charge in [0.2, 0.25) is 5.91 Å². The molecule has 5 heteroatoms. The summed E-state index contributed by atoms with van der Waals surface area (Å²) in [6.45, 7) is 5.50. The second-order valence-corrected chi connectivity index (χ2v) is 6.62. The highest BCUT2D eigenvalue weighted by Gasteiger charge is 2.31. The molecule has 23 heavy (non-hydrogen) atoms. The van der Waals surface area contributed by atoms with Gasteiger partial charge < -0.3 is 5.73 Å². The molecule has 1 amide bonds. The first-order chi connectivity index (χ1) is 11.2. The van der Waals surface area contributed by atoms with Crippen LogP contribution in [0.4, 0.5) is 0 Å². The Morgan fingerprint density at radius 2 is 1.91 bits per heavy atom. The molecule has 1 saturated heterocycles. The van der Waals surface area contributed by atoms with Crippen molar-refractivity contribution in [2.45, 2.75) is 25.4 Å². The molecule has 2 aromatic rings. The highest BCUT2D eigenvalue weighted by molar-refractivity contribution is 5.96. The van der Waals surface area contributed by atoms with Crippen LogP contribution in [0.5, 0.6) is 0 Å². The average molecular weight is 310 g/mol. The molecule has 0 bridgehead atoms. The Kier molecular flexibility index (Phi) is 3.75. The SMILES string of the molecule is NC(=O)c1ccc2nc(CN3CCN(C4CC4)CC3)ccc2c1. The Labute approximate surface area is 136 Å². The van der Waals surface area contributed by atoms with E-state index in [1.54, 1.807) is 6.07 Å². The van der Waals surface area contributed by atoms with Crippen LogP contribution >= 0.6 is 0 Å². The van der Waals surface area contributed by atoms with Gasteiger partial charge in [-0.3, -0.25) is 19.6 Å². The fourth-order valence-corrected chi connectivity index (χ4v) is 3.36. The highest BCUT2D eigenvalue weighted by Crippen LogP contribution is 2.27. The van der Waals surface area contributed by atoms with Crippen LogP contribution < -0.4 is 5.73 Å². The molecule has 2 fully saturated rings. The van der Waals surface area contributed by atoms with Crippen molar-refractivity contribution >= 4 is 16.8 Å². The number of primary amides is 1. The van der Waals surface area contributed by atoms with E-state index in [0.29, 0.717) is 5.56 Å². The van der Waals surface area contributed by atoms with Gasteiger partial charge in [-0.25, -0.2) is 0 Å². The van der Waals surface area contributed by atoms with Gasteiger partial charge in [0.25, 0.3) is 0 Å². The number of pyridine rings is 1. The summed E-state index contributed by atoms with van der Waals surface area (Å²) in [6.07, 6.45) is 2.78. The van der Waals surface area contributed by atoms with Crippen molar-refractivity contribution < 1.29 is 4.79 Å². The first kappa shape index (κ1) is 14.6. The van der Waals surface area contributed by atoms with E-state index in [1.165, 1.54) is 25.9 Å². The Bertz CT molecular complexity index is 733. The lowest BCUT2D eigenvalue weighted by Gasteiger charge is -2.34. The zero-order valence-electron chi connectivity index (χ0n) is 13.2. The third kappa shape index (κ3) is 3.21. The largest absolute Gasteiger partial charge is 0.366 e. The number of aromatic nitrogens is 1. The predicted molar refractivity (Wildman–Crippen MR) is 90.1 cm³/mol. The fraction of sp³-hybridized carbons (Fsp3) is 0.444. The van der Waals surface area contributed by atoms with Crippen molar-refractivity contribution in [1.82, 2.24) is 14.8 Å². The maximum Gasteiger partial charge on any atom is 0.248 e. The molecule has 120 valence electrons. The molecule has 1 aromatic carbocycles. The molecule has 4 rings (SSSR count). The molecule has 1 saturated carbocycles. The molecule has 0 radical (unpaired) electrons. The number of nitrogens with two attached hydrogens (primary N) is 1. The topological polar surface area (TPSA) is 62.5 Å². The zero-order chi connectivity index (χ0) is 15.8. The van der Waals surface area contributed by atoms with Gasteiger partial charge in [0.1, 0.15) is 0 Å². The Hall–Kier alpha value is -1.98. The van der Waals surface area contributed by atoms with Gasteiger partial charge in [-0.05, 0) is 37.1 Å². The van der Waals surface area contributed by atoms with Gasteiger partial charge in [0.05, 0.1) is 11.2 Å². The smallest absolute Gasteiger partial charge is 0.248 e. The van der Waals surface area contributed by atoms with Crippen LogP contribution in [0.3, 0.4) is 0 Å². The summed E-state index contributed by atoms with van der Waals surface area (Å²) in [4.78, 5) is 21.1. The van der Waals surface area contributed by atoms with Crippen LogP contribution in [0, 0.1) is 0 Å². The standard InChI is InChI=1S/C18H22N4O/c19-18(23)14-2-6-17-13(11-14)1-3-15(20-17)12-21-7-9-22(10-8-21)16-4-5-16/h1-3,6,11,16H,4-5,7-10,12H2,(H2,19,23). The van der Waals surface area contributed by atoms with Crippen molar-refractivity contribution in [3.05, 3.63) is 41.6 Å². The minimum Gasteiger partial charge on any atom is -0.366 e. The van der Waals surface area contributed by atoms with Gasteiger partial charge in [-0.2, -0.15) is 0 Å². The third-order valence-corrected chi connectivity index (χ3v) is 4.89. The molecule has 2 heterocycles. The molecule has 1 aliphatic heterocycles. The molecular weight excluding hydrogens is 288 g/mol. The van der Waals surface area contributed by atoms with Crippen LogP contribution in [0.1, 0.15) is 28.9 Å². The minimum absolute atomic E-state index is 0.399. The van der Waals surface area contributed by atoms with E-state index in [4.69, 9.17) is 10.7 Å². The molecule has 0 unspecified atom stereocenters. The van der Waals surface area contributed by atoms with Crippen LogP contribution in [-0.4, -0.2) is 52.9 Å². The van der Waals surface area contributed by atoms with Crippen LogP contribution in [-0.2, 0) is 6.54 Å². The quantitative estimate of drug-likeness (QED) is 0.932. The number of hydrogen-bond acceptors (Lipinski definition) is 4. The number of rotatable bonds is 4. The molecule has 0 spiro atoms.